The zero-order valence-electron chi connectivity index (χ0n) is 27.2. The molecule has 6 rings (SSSR count). The van der Waals surface area contributed by atoms with E-state index in [0.29, 0.717) is 36.6 Å². The van der Waals surface area contributed by atoms with Crippen molar-refractivity contribution in [2.75, 3.05) is 53.9 Å². The molecule has 14 heteroatoms. The van der Waals surface area contributed by atoms with Crippen LogP contribution in [0.4, 0.5) is 0 Å². The van der Waals surface area contributed by atoms with Gasteiger partial charge in [0.2, 0.25) is 23.1 Å². The summed E-state index contributed by atoms with van der Waals surface area (Å²) in [7, 11) is -0.819. The molecule has 0 spiro atoms. The lowest BCUT2D eigenvalue weighted by Crippen LogP contribution is -2.38. The van der Waals surface area contributed by atoms with Gasteiger partial charge in [-0.25, -0.2) is 8.42 Å². The molecule has 3 aromatic carbocycles. The molecule has 2 atom stereocenters. The number of amides is 1. The molecule has 0 unspecified atom stereocenters. The molecule has 49 heavy (non-hydrogen) atoms. The van der Waals surface area contributed by atoms with Crippen LogP contribution in [0.15, 0.2) is 83.6 Å². The summed E-state index contributed by atoms with van der Waals surface area (Å²) >= 11 is 0. The van der Waals surface area contributed by atoms with E-state index >= 15 is 0 Å². The maximum atomic E-state index is 13.4. The molecule has 3 heterocycles. The fraction of sp³-hybridized carbons (Fsp3) is 0.343. The van der Waals surface area contributed by atoms with Crippen LogP contribution in [0.3, 0.4) is 0 Å². The minimum absolute atomic E-state index is 0.0488. The molecular formula is C35H39N3O10S. The second-order valence-corrected chi connectivity index (χ2v) is 13.4. The van der Waals surface area contributed by atoms with Gasteiger partial charge in [-0.3, -0.25) is 4.79 Å². The van der Waals surface area contributed by atoms with Crippen LogP contribution in [0, 0.1) is 0 Å². The number of aromatic amines is 1. The van der Waals surface area contributed by atoms with Crippen LogP contribution >= 0.6 is 0 Å². The highest BCUT2D eigenvalue weighted by atomic mass is 32.2. The Balaban J connectivity index is 1.14. The number of aliphatic hydroxyl groups excluding tert-OH is 1. The Morgan fingerprint density at radius 1 is 1.00 bits per heavy atom. The highest BCUT2D eigenvalue weighted by Crippen LogP contribution is 2.38. The minimum atomic E-state index is -3.94. The Hall–Kier alpha value is -4.76. The van der Waals surface area contributed by atoms with Crippen molar-refractivity contribution in [3.63, 3.8) is 0 Å². The third-order valence-corrected chi connectivity index (χ3v) is 10.4. The number of ether oxygens (including phenoxy) is 6. The van der Waals surface area contributed by atoms with Crippen molar-refractivity contribution >= 4 is 26.8 Å². The second kappa shape index (κ2) is 15.2. The molecule has 0 radical (unpaired) electrons. The van der Waals surface area contributed by atoms with Gasteiger partial charge in [0.05, 0.1) is 32.3 Å². The molecular weight excluding hydrogens is 654 g/mol. The van der Waals surface area contributed by atoms with E-state index in [2.05, 4.69) is 10.3 Å². The number of rotatable bonds is 15. The first-order valence-electron chi connectivity index (χ1n) is 15.9. The third-order valence-electron chi connectivity index (χ3n) is 8.45. The van der Waals surface area contributed by atoms with E-state index in [1.807, 2.05) is 42.6 Å². The van der Waals surface area contributed by atoms with Gasteiger partial charge in [-0.1, -0.05) is 6.07 Å². The summed E-state index contributed by atoms with van der Waals surface area (Å²) < 4.78 is 61.5. The molecule has 13 nitrogen and oxygen atoms in total. The number of aliphatic hydroxyl groups is 1. The smallest absolute Gasteiger partial charge is 0.286 e. The van der Waals surface area contributed by atoms with Crippen LogP contribution in [-0.2, 0) is 30.7 Å². The van der Waals surface area contributed by atoms with Crippen molar-refractivity contribution in [2.24, 2.45) is 0 Å². The molecule has 1 aromatic heterocycles. The average Bonchev–Trinajstić information content (AvgIpc) is 3.77. The van der Waals surface area contributed by atoms with Gasteiger partial charge in [-0.15, -0.1) is 0 Å². The van der Waals surface area contributed by atoms with Gasteiger partial charge in [-0.05, 0) is 78.2 Å². The molecule has 0 saturated carbocycles. The van der Waals surface area contributed by atoms with Gasteiger partial charge in [0.1, 0.15) is 11.5 Å². The van der Waals surface area contributed by atoms with Gasteiger partial charge >= 0.3 is 0 Å². The first-order chi connectivity index (χ1) is 23.8. The number of H-pyrrole nitrogens is 1. The lowest BCUT2D eigenvalue weighted by atomic mass is 9.92. The van der Waals surface area contributed by atoms with Crippen molar-refractivity contribution < 1.29 is 46.7 Å². The van der Waals surface area contributed by atoms with Crippen LogP contribution < -0.4 is 24.3 Å². The van der Waals surface area contributed by atoms with Crippen LogP contribution in [0.1, 0.15) is 23.5 Å². The standard InChI is InChI=1S/C35H39N3O10S/c1-43-26-4-7-28(8-5-26)49(41,42)38(13-15-39)14-16-45-34-19-25(23-3-10-31-32(17-23)47-22-46-31)18-33(48-34)35(40)36-12-11-24-21-37-30-9-6-27(44-2)20-29(24)30/h3-10,17-18,20-21,25,34,37,39H,11-16,19,22H2,1-2H3,(H,36,40)/t25-,34+/m1/s1. The highest BCUT2D eigenvalue weighted by molar-refractivity contribution is 7.89. The Morgan fingerprint density at radius 3 is 2.55 bits per heavy atom. The largest absolute Gasteiger partial charge is 0.497 e. The summed E-state index contributed by atoms with van der Waals surface area (Å²) in [5, 5.41) is 13.6. The number of fused-ring (bicyclic) bond motifs is 2. The van der Waals surface area contributed by atoms with E-state index < -0.39 is 22.2 Å². The topological polar surface area (TPSA) is 158 Å². The van der Waals surface area contributed by atoms with Crippen LogP contribution in [0.2, 0.25) is 0 Å². The lowest BCUT2D eigenvalue weighted by molar-refractivity contribution is -0.146. The highest BCUT2D eigenvalue weighted by Gasteiger charge is 2.31. The van der Waals surface area contributed by atoms with Crippen molar-refractivity contribution in [1.29, 1.82) is 0 Å². The van der Waals surface area contributed by atoms with E-state index in [1.54, 1.807) is 25.3 Å². The second-order valence-electron chi connectivity index (χ2n) is 11.4. The Labute approximate surface area is 284 Å². The summed E-state index contributed by atoms with van der Waals surface area (Å²) in [4.78, 5) is 16.8. The summed E-state index contributed by atoms with van der Waals surface area (Å²) in [5.74, 6) is 1.94. The zero-order valence-corrected chi connectivity index (χ0v) is 28.0. The predicted octanol–water partition coefficient (Wildman–Crippen LogP) is 3.69. The van der Waals surface area contributed by atoms with E-state index in [0.717, 1.165) is 32.1 Å². The van der Waals surface area contributed by atoms with Crippen molar-refractivity contribution in [3.05, 3.63) is 89.8 Å². The number of hydrogen-bond acceptors (Lipinski definition) is 10. The van der Waals surface area contributed by atoms with Gasteiger partial charge in [0, 0.05) is 49.1 Å². The van der Waals surface area contributed by atoms with Crippen molar-refractivity contribution in [1.82, 2.24) is 14.6 Å². The SMILES string of the molecule is COc1ccc(S(=O)(=O)N(CCO)CCO[C@@H]2C[C@H](c3ccc4c(c3)OCO4)C=C(C(=O)NCCc3c[nH]c4ccc(OC)cc34)O2)cc1. The third kappa shape index (κ3) is 7.78. The fourth-order valence-corrected chi connectivity index (χ4v) is 7.25. The van der Waals surface area contributed by atoms with Crippen LogP contribution in [-0.4, -0.2) is 88.9 Å². The van der Waals surface area contributed by atoms with E-state index in [9.17, 15) is 18.3 Å². The van der Waals surface area contributed by atoms with Gasteiger partial charge in [-0.2, -0.15) is 4.31 Å². The normalized spacial score (nSPS) is 17.1. The molecule has 2 aliphatic rings. The number of nitrogens with zero attached hydrogens (tertiary/aromatic N) is 1. The number of carbonyl (C=O) groups is 1. The number of aromatic nitrogens is 1. The maximum Gasteiger partial charge on any atom is 0.286 e. The number of allylic oxidation sites excluding steroid dienone is 1. The molecule has 0 aliphatic carbocycles. The molecule has 4 aromatic rings. The molecule has 1 amide bonds. The quantitative estimate of drug-likeness (QED) is 0.168. The van der Waals surface area contributed by atoms with Gasteiger partial charge in [0.15, 0.2) is 17.3 Å². The molecule has 0 bridgehead atoms. The monoisotopic (exact) mass is 693 g/mol. The first-order valence-corrected chi connectivity index (χ1v) is 17.3. The Morgan fingerprint density at radius 2 is 1.78 bits per heavy atom. The molecule has 3 N–H and O–H groups in total. The van der Waals surface area contributed by atoms with Crippen LogP contribution in [0.5, 0.6) is 23.0 Å². The summed E-state index contributed by atoms with van der Waals surface area (Å²) in [6.45, 7) is -0.116. The summed E-state index contributed by atoms with van der Waals surface area (Å²) in [5.41, 5.74) is 2.88. The predicted molar refractivity (Wildman–Crippen MR) is 179 cm³/mol. The molecule has 0 fully saturated rings. The Kier molecular flexibility index (Phi) is 10.6. The minimum Gasteiger partial charge on any atom is -0.497 e. The van der Waals surface area contributed by atoms with Gasteiger partial charge < -0.3 is 43.8 Å². The number of benzene rings is 3. The maximum absolute atomic E-state index is 13.4. The fourth-order valence-electron chi connectivity index (χ4n) is 5.83. The Bertz CT molecular complexity index is 1910. The molecule has 0 saturated heterocycles. The average molecular weight is 694 g/mol. The number of carbonyl (C=O) groups excluding carboxylic acids is 1. The summed E-state index contributed by atoms with van der Waals surface area (Å²) in [6, 6.07) is 17.4. The van der Waals surface area contributed by atoms with E-state index in [1.165, 1.54) is 19.2 Å². The van der Waals surface area contributed by atoms with Crippen molar-refractivity contribution in [2.45, 2.75) is 29.9 Å². The zero-order chi connectivity index (χ0) is 34.4. The number of nitrogens with one attached hydrogen (secondary N) is 2. The number of sulfonamides is 1. The summed E-state index contributed by atoms with van der Waals surface area (Å²) in [6.07, 6.45) is 3.75. The van der Waals surface area contributed by atoms with E-state index in [-0.39, 0.29) is 49.7 Å². The van der Waals surface area contributed by atoms with E-state index in [4.69, 9.17) is 28.4 Å². The van der Waals surface area contributed by atoms with Gasteiger partial charge in [0.25, 0.3) is 5.91 Å². The molecule has 2 aliphatic heterocycles. The molecule has 260 valence electrons. The van der Waals surface area contributed by atoms with Crippen LogP contribution in [0.25, 0.3) is 10.9 Å². The lowest BCUT2D eigenvalue weighted by Gasteiger charge is -2.30. The number of hydrogen-bond donors (Lipinski definition) is 3. The first kappa shape index (κ1) is 34.1. The number of methoxy groups -OCH3 is 2. The van der Waals surface area contributed by atoms with Crippen molar-refractivity contribution in [3.8, 4) is 23.0 Å².